The fraction of sp³-hybridized carbons (Fsp3) is 0.222. The summed E-state index contributed by atoms with van der Waals surface area (Å²) in [7, 11) is 0. The Bertz CT molecular complexity index is 1340. The topological polar surface area (TPSA) is 102 Å². The fourth-order valence-corrected chi connectivity index (χ4v) is 3.45. The lowest BCUT2D eigenvalue weighted by Gasteiger charge is -2.13. The lowest BCUT2D eigenvalue weighted by molar-refractivity contribution is 0.102. The summed E-state index contributed by atoms with van der Waals surface area (Å²) in [6.07, 6.45) is 3.08. The molecule has 0 unspecified atom stereocenters. The lowest BCUT2D eigenvalue weighted by Crippen LogP contribution is -2.12. The van der Waals surface area contributed by atoms with Crippen molar-refractivity contribution in [3.8, 4) is 23.0 Å². The van der Waals surface area contributed by atoms with Crippen LogP contribution in [-0.4, -0.2) is 32.4 Å². The smallest absolute Gasteiger partial charge is 0.255 e. The Kier molecular flexibility index (Phi) is 7.30. The van der Waals surface area contributed by atoms with Crippen molar-refractivity contribution in [3.05, 3.63) is 83.8 Å². The molecular weight excluding hydrogens is 440 g/mol. The predicted molar refractivity (Wildman–Crippen MR) is 137 cm³/mol. The zero-order valence-electron chi connectivity index (χ0n) is 20.2. The lowest BCUT2D eigenvalue weighted by atomic mass is 10.0. The maximum absolute atomic E-state index is 13.0. The number of nitrogens with zero attached hydrogens (tertiary/aromatic N) is 4. The number of aromatic nitrogens is 4. The molecule has 0 aliphatic rings. The van der Waals surface area contributed by atoms with Crippen LogP contribution in [0.15, 0.2) is 67.1 Å². The van der Waals surface area contributed by atoms with Gasteiger partial charge in [0.25, 0.3) is 5.91 Å². The molecule has 2 N–H and O–H groups in total. The number of benzene rings is 2. The first-order valence-corrected chi connectivity index (χ1v) is 11.5. The molecule has 178 valence electrons. The number of hydrogen-bond acceptors (Lipinski definition) is 7. The van der Waals surface area contributed by atoms with Gasteiger partial charge in [0.05, 0.1) is 5.56 Å². The number of anilines is 2. The van der Waals surface area contributed by atoms with Crippen LogP contribution in [0.1, 0.15) is 48.2 Å². The van der Waals surface area contributed by atoms with E-state index < -0.39 is 0 Å². The van der Waals surface area contributed by atoms with Crippen molar-refractivity contribution in [1.82, 2.24) is 19.9 Å². The summed E-state index contributed by atoms with van der Waals surface area (Å²) in [5.74, 6) is 1.93. The van der Waals surface area contributed by atoms with E-state index in [9.17, 15) is 4.79 Å². The van der Waals surface area contributed by atoms with Crippen LogP contribution in [0.3, 0.4) is 0 Å². The minimum absolute atomic E-state index is 0.218. The standard InChI is InChI=1S/C27H28N6O2/c1-5-28-27-31-16-30-24(33-27)22-10-7-13-29-26(22)35-23-15-20(12-11-18(23)4)25(34)32-21-9-6-8-19(14-21)17(2)3/h6-17H,5H2,1-4H3,(H,32,34)(H,28,30,31,33). The van der Waals surface area contributed by atoms with Gasteiger partial charge in [-0.1, -0.05) is 32.0 Å². The number of ether oxygens (including phenoxy) is 1. The average molecular weight is 469 g/mol. The Labute approximate surface area is 204 Å². The molecule has 0 saturated heterocycles. The number of carbonyl (C=O) groups is 1. The molecule has 4 rings (SSSR count). The summed E-state index contributed by atoms with van der Waals surface area (Å²) in [5.41, 5.74) is 3.88. The SMILES string of the molecule is CCNc1ncnc(-c2cccnc2Oc2cc(C(=O)Nc3cccc(C(C)C)c3)ccc2C)n1. The molecule has 8 nitrogen and oxygen atoms in total. The van der Waals surface area contributed by atoms with Crippen molar-refractivity contribution in [3.63, 3.8) is 0 Å². The second-order valence-electron chi connectivity index (χ2n) is 8.34. The number of pyridine rings is 1. The molecule has 4 aromatic rings. The number of nitrogens with one attached hydrogen (secondary N) is 2. The Morgan fingerprint density at radius 2 is 1.89 bits per heavy atom. The molecule has 0 saturated carbocycles. The van der Waals surface area contributed by atoms with Crippen molar-refractivity contribution in [1.29, 1.82) is 0 Å². The quantitative estimate of drug-likeness (QED) is 0.335. The zero-order chi connectivity index (χ0) is 24.8. The Morgan fingerprint density at radius 3 is 2.69 bits per heavy atom. The van der Waals surface area contributed by atoms with Gasteiger partial charge in [0.1, 0.15) is 12.1 Å². The molecule has 0 aliphatic heterocycles. The number of hydrogen-bond donors (Lipinski definition) is 2. The number of rotatable bonds is 8. The van der Waals surface area contributed by atoms with E-state index in [0.717, 1.165) is 16.8 Å². The zero-order valence-corrected chi connectivity index (χ0v) is 20.2. The highest BCUT2D eigenvalue weighted by molar-refractivity contribution is 6.04. The van der Waals surface area contributed by atoms with Gasteiger partial charge in [-0.2, -0.15) is 4.98 Å². The molecule has 35 heavy (non-hydrogen) atoms. The molecular formula is C27H28N6O2. The van der Waals surface area contributed by atoms with Gasteiger partial charge in [-0.3, -0.25) is 4.79 Å². The molecule has 8 heteroatoms. The Hall–Kier alpha value is -4.33. The van der Waals surface area contributed by atoms with Crippen LogP contribution in [0.5, 0.6) is 11.6 Å². The van der Waals surface area contributed by atoms with Crippen LogP contribution in [0.25, 0.3) is 11.4 Å². The fourth-order valence-electron chi connectivity index (χ4n) is 3.45. The Balaban J connectivity index is 1.59. The minimum Gasteiger partial charge on any atom is -0.438 e. The third-order valence-corrected chi connectivity index (χ3v) is 5.39. The minimum atomic E-state index is -0.218. The van der Waals surface area contributed by atoms with Crippen molar-refractivity contribution in [2.24, 2.45) is 0 Å². The molecule has 0 fully saturated rings. The maximum atomic E-state index is 13.0. The molecule has 0 spiro atoms. The van der Waals surface area contributed by atoms with Crippen LogP contribution >= 0.6 is 0 Å². The van der Waals surface area contributed by atoms with Crippen LogP contribution in [0, 0.1) is 6.92 Å². The second kappa shape index (κ2) is 10.7. The first kappa shape index (κ1) is 23.8. The normalized spacial score (nSPS) is 10.8. The summed E-state index contributed by atoms with van der Waals surface area (Å²) in [6.45, 7) is 8.81. The first-order valence-electron chi connectivity index (χ1n) is 11.5. The first-order chi connectivity index (χ1) is 16.9. The van der Waals surface area contributed by atoms with Crippen LogP contribution in [-0.2, 0) is 0 Å². The molecule has 0 atom stereocenters. The summed E-state index contributed by atoms with van der Waals surface area (Å²) in [6, 6.07) is 16.8. The van der Waals surface area contributed by atoms with E-state index in [2.05, 4.69) is 50.5 Å². The second-order valence-corrected chi connectivity index (χ2v) is 8.34. The summed E-state index contributed by atoms with van der Waals surface area (Å²) < 4.78 is 6.17. The van der Waals surface area contributed by atoms with E-state index in [0.29, 0.717) is 47.0 Å². The van der Waals surface area contributed by atoms with Gasteiger partial charge in [-0.05, 0) is 67.3 Å². The van der Waals surface area contributed by atoms with E-state index in [1.165, 1.54) is 6.33 Å². The third kappa shape index (κ3) is 5.78. The number of amides is 1. The highest BCUT2D eigenvalue weighted by Gasteiger charge is 2.15. The molecule has 2 aromatic heterocycles. The van der Waals surface area contributed by atoms with Crippen LogP contribution < -0.4 is 15.4 Å². The molecule has 0 aliphatic carbocycles. The van der Waals surface area contributed by atoms with Crippen LogP contribution in [0.2, 0.25) is 0 Å². The maximum Gasteiger partial charge on any atom is 0.255 e. The average Bonchev–Trinajstić information content (AvgIpc) is 2.86. The predicted octanol–water partition coefficient (Wildman–Crippen LogP) is 5.84. The van der Waals surface area contributed by atoms with Gasteiger partial charge < -0.3 is 15.4 Å². The summed E-state index contributed by atoms with van der Waals surface area (Å²) in [5, 5.41) is 6.05. The van der Waals surface area contributed by atoms with Crippen molar-refractivity contribution in [2.45, 2.75) is 33.6 Å². The van der Waals surface area contributed by atoms with Gasteiger partial charge in [0, 0.05) is 24.0 Å². The van der Waals surface area contributed by atoms with E-state index in [1.807, 2.05) is 44.2 Å². The van der Waals surface area contributed by atoms with Gasteiger partial charge in [0.2, 0.25) is 11.8 Å². The molecule has 1 amide bonds. The van der Waals surface area contributed by atoms with Gasteiger partial charge >= 0.3 is 0 Å². The summed E-state index contributed by atoms with van der Waals surface area (Å²) >= 11 is 0. The largest absolute Gasteiger partial charge is 0.438 e. The summed E-state index contributed by atoms with van der Waals surface area (Å²) in [4.78, 5) is 30.2. The van der Waals surface area contributed by atoms with Crippen molar-refractivity contribution in [2.75, 3.05) is 17.2 Å². The number of carbonyl (C=O) groups excluding carboxylic acids is 1. The monoisotopic (exact) mass is 468 g/mol. The molecule has 2 aromatic carbocycles. The third-order valence-electron chi connectivity index (χ3n) is 5.39. The van der Waals surface area contributed by atoms with E-state index >= 15 is 0 Å². The van der Waals surface area contributed by atoms with Gasteiger partial charge in [0.15, 0.2) is 5.82 Å². The van der Waals surface area contributed by atoms with Gasteiger partial charge in [-0.15, -0.1) is 0 Å². The Morgan fingerprint density at radius 1 is 1.03 bits per heavy atom. The van der Waals surface area contributed by atoms with E-state index in [4.69, 9.17) is 4.74 Å². The molecule has 0 bridgehead atoms. The molecule has 2 heterocycles. The molecule has 0 radical (unpaired) electrons. The highest BCUT2D eigenvalue weighted by atomic mass is 16.5. The highest BCUT2D eigenvalue weighted by Crippen LogP contribution is 2.32. The van der Waals surface area contributed by atoms with E-state index in [-0.39, 0.29) is 5.91 Å². The van der Waals surface area contributed by atoms with Crippen molar-refractivity contribution < 1.29 is 9.53 Å². The van der Waals surface area contributed by atoms with E-state index in [1.54, 1.807) is 24.4 Å². The van der Waals surface area contributed by atoms with Gasteiger partial charge in [-0.25, -0.2) is 15.0 Å². The van der Waals surface area contributed by atoms with Crippen LogP contribution in [0.4, 0.5) is 11.6 Å². The number of aryl methyl sites for hydroxylation is 1. The van der Waals surface area contributed by atoms with Crippen molar-refractivity contribution >= 4 is 17.5 Å².